The van der Waals surface area contributed by atoms with Crippen LogP contribution >= 0.6 is 11.6 Å². The number of sulfone groups is 1. The first kappa shape index (κ1) is 15.6. The van der Waals surface area contributed by atoms with Crippen molar-refractivity contribution >= 4 is 27.1 Å². The van der Waals surface area contributed by atoms with Crippen LogP contribution in [0.2, 0.25) is 5.02 Å². The molecule has 1 aliphatic heterocycles. The lowest BCUT2D eigenvalue weighted by Crippen LogP contribution is -2.38. The van der Waals surface area contributed by atoms with E-state index < -0.39 is 26.3 Å². The average molecular weight is 318 g/mol. The fraction of sp³-hybridized carbons (Fsp3) is 0.571. The molecule has 1 heterocycles. The van der Waals surface area contributed by atoms with Crippen molar-refractivity contribution in [3.05, 3.63) is 23.2 Å². The summed E-state index contributed by atoms with van der Waals surface area (Å²) < 4.78 is 31.7. The smallest absolute Gasteiger partial charge is 0.185 e. The van der Waals surface area contributed by atoms with Crippen molar-refractivity contribution < 1.29 is 13.2 Å². The van der Waals surface area contributed by atoms with Gasteiger partial charge in [-0.05, 0) is 52.3 Å². The zero-order valence-corrected chi connectivity index (χ0v) is 13.7. The van der Waals surface area contributed by atoms with Crippen LogP contribution < -0.4 is 5.73 Å². The molecule has 0 aromatic heterocycles. The Morgan fingerprint density at radius 1 is 1.30 bits per heavy atom. The molecule has 0 amide bonds. The van der Waals surface area contributed by atoms with Crippen molar-refractivity contribution in [3.63, 3.8) is 0 Å². The van der Waals surface area contributed by atoms with E-state index in [0.29, 0.717) is 12.1 Å². The van der Waals surface area contributed by atoms with Gasteiger partial charge < -0.3 is 10.5 Å². The van der Waals surface area contributed by atoms with Crippen LogP contribution in [0.15, 0.2) is 23.1 Å². The summed E-state index contributed by atoms with van der Waals surface area (Å²) in [7, 11) is -3.61. The third-order valence-electron chi connectivity index (χ3n) is 3.63. The van der Waals surface area contributed by atoms with Crippen LogP contribution in [0.5, 0.6) is 0 Å². The molecule has 2 N–H and O–H groups in total. The Bertz CT molecular complexity index is 638. The number of anilines is 1. The molecule has 4 nitrogen and oxygen atoms in total. The number of halogens is 1. The van der Waals surface area contributed by atoms with E-state index in [0.717, 1.165) is 0 Å². The van der Waals surface area contributed by atoms with Gasteiger partial charge in [0.15, 0.2) is 9.84 Å². The molecule has 1 aromatic rings. The molecule has 1 saturated heterocycles. The predicted molar refractivity (Wildman–Crippen MR) is 80.7 cm³/mol. The lowest BCUT2D eigenvalue weighted by Gasteiger charge is -2.27. The molecule has 1 aromatic carbocycles. The van der Waals surface area contributed by atoms with Crippen LogP contribution in [-0.4, -0.2) is 24.9 Å². The van der Waals surface area contributed by atoms with Gasteiger partial charge in [-0.2, -0.15) is 0 Å². The summed E-state index contributed by atoms with van der Waals surface area (Å²) in [6, 6.07) is 4.51. The topological polar surface area (TPSA) is 69.4 Å². The highest BCUT2D eigenvalue weighted by Gasteiger charge is 2.52. The van der Waals surface area contributed by atoms with Gasteiger partial charge in [-0.3, -0.25) is 0 Å². The van der Waals surface area contributed by atoms with Crippen LogP contribution in [-0.2, 0) is 14.6 Å². The second kappa shape index (κ2) is 4.61. The lowest BCUT2D eigenvalue weighted by atomic mass is 10.0. The Kier molecular flexibility index (Phi) is 3.60. The van der Waals surface area contributed by atoms with Gasteiger partial charge in [-0.25, -0.2) is 8.42 Å². The molecule has 0 bridgehead atoms. The number of nitrogens with two attached hydrogens (primary N) is 1. The minimum Gasteiger partial charge on any atom is -0.399 e. The van der Waals surface area contributed by atoms with Crippen molar-refractivity contribution in [3.8, 4) is 0 Å². The van der Waals surface area contributed by atoms with Crippen LogP contribution in [0.4, 0.5) is 5.69 Å². The third kappa shape index (κ3) is 2.67. The number of nitrogen functional groups attached to an aromatic ring is 1. The van der Waals surface area contributed by atoms with Gasteiger partial charge in [-0.15, -0.1) is 0 Å². The van der Waals surface area contributed by atoms with Gasteiger partial charge in [0, 0.05) is 5.69 Å². The van der Waals surface area contributed by atoms with Crippen molar-refractivity contribution in [2.45, 2.75) is 55.5 Å². The lowest BCUT2D eigenvalue weighted by molar-refractivity contribution is -0.0635. The Morgan fingerprint density at radius 2 is 1.90 bits per heavy atom. The molecule has 112 valence electrons. The van der Waals surface area contributed by atoms with Crippen molar-refractivity contribution in [2.75, 3.05) is 5.73 Å². The van der Waals surface area contributed by atoms with E-state index in [1.807, 2.05) is 13.8 Å². The minimum absolute atomic E-state index is 0.0820. The first-order valence-corrected chi connectivity index (χ1v) is 8.37. The second-order valence-electron chi connectivity index (χ2n) is 6.39. The summed E-state index contributed by atoms with van der Waals surface area (Å²) in [6.45, 7) is 7.38. The normalized spacial score (nSPS) is 24.8. The van der Waals surface area contributed by atoms with Crippen LogP contribution in [0, 0.1) is 0 Å². The van der Waals surface area contributed by atoms with Gasteiger partial charge in [0.1, 0.15) is 0 Å². The van der Waals surface area contributed by atoms with Crippen LogP contribution in [0.3, 0.4) is 0 Å². The summed E-state index contributed by atoms with van der Waals surface area (Å²) in [5, 5.41) is -0.455. The quantitative estimate of drug-likeness (QED) is 0.851. The maximum atomic E-state index is 12.9. The molecule has 1 aliphatic rings. The van der Waals surface area contributed by atoms with Gasteiger partial charge >= 0.3 is 0 Å². The number of rotatable bonds is 2. The van der Waals surface area contributed by atoms with Crippen molar-refractivity contribution in [2.24, 2.45) is 0 Å². The van der Waals surface area contributed by atoms with Crippen molar-refractivity contribution in [1.82, 2.24) is 0 Å². The maximum absolute atomic E-state index is 12.9. The van der Waals surface area contributed by atoms with E-state index in [1.54, 1.807) is 19.9 Å². The van der Waals surface area contributed by atoms with Gasteiger partial charge in [0.2, 0.25) is 0 Å². The average Bonchev–Trinajstić information content (AvgIpc) is 2.50. The maximum Gasteiger partial charge on any atom is 0.185 e. The number of benzene rings is 1. The molecule has 2 rings (SSSR count). The molecule has 0 spiro atoms. The zero-order valence-electron chi connectivity index (χ0n) is 12.1. The van der Waals surface area contributed by atoms with E-state index in [4.69, 9.17) is 22.1 Å². The molecule has 1 atom stereocenters. The molecule has 1 fully saturated rings. The summed E-state index contributed by atoms with van der Waals surface area (Å²) in [5.74, 6) is 0. The first-order valence-electron chi connectivity index (χ1n) is 6.45. The Morgan fingerprint density at radius 3 is 2.40 bits per heavy atom. The Labute approximate surface area is 125 Å². The Hall–Kier alpha value is -0.780. The van der Waals surface area contributed by atoms with Crippen LogP contribution in [0.25, 0.3) is 0 Å². The standard InChI is InChI=1S/C14H20ClNO3S/c1-13(2)8-12(14(3,4)19-13)20(17,18)11-7-9(16)5-6-10(11)15/h5-7,12H,8,16H2,1-4H3. The number of hydrogen-bond acceptors (Lipinski definition) is 4. The highest BCUT2D eigenvalue weighted by molar-refractivity contribution is 7.92. The van der Waals surface area contributed by atoms with Crippen LogP contribution in [0.1, 0.15) is 34.1 Å². The molecule has 6 heteroatoms. The highest BCUT2D eigenvalue weighted by Crippen LogP contribution is 2.44. The fourth-order valence-corrected chi connectivity index (χ4v) is 5.69. The fourth-order valence-electron chi connectivity index (χ4n) is 2.89. The molecular weight excluding hydrogens is 298 g/mol. The van der Waals surface area contributed by atoms with Gasteiger partial charge in [0.05, 0.1) is 26.4 Å². The molecular formula is C14H20ClNO3S. The molecule has 0 saturated carbocycles. The molecule has 1 unspecified atom stereocenters. The van der Waals surface area contributed by atoms with E-state index in [2.05, 4.69) is 0 Å². The van der Waals surface area contributed by atoms with Gasteiger partial charge in [0.25, 0.3) is 0 Å². The Balaban J connectivity index is 2.53. The van der Waals surface area contributed by atoms with Gasteiger partial charge in [-0.1, -0.05) is 11.6 Å². The largest absolute Gasteiger partial charge is 0.399 e. The summed E-state index contributed by atoms with van der Waals surface area (Å²) in [4.78, 5) is 0.0820. The number of hydrogen-bond donors (Lipinski definition) is 1. The van der Waals surface area contributed by atoms with E-state index >= 15 is 0 Å². The van der Waals surface area contributed by atoms with E-state index in [-0.39, 0.29) is 9.92 Å². The van der Waals surface area contributed by atoms with E-state index in [1.165, 1.54) is 12.1 Å². The third-order valence-corrected chi connectivity index (χ3v) is 6.50. The summed E-state index contributed by atoms with van der Waals surface area (Å²) in [6.07, 6.45) is 0.424. The SMILES string of the molecule is CC1(C)CC(S(=O)(=O)c2cc(N)ccc2Cl)C(C)(C)O1. The van der Waals surface area contributed by atoms with E-state index in [9.17, 15) is 8.42 Å². The molecule has 0 radical (unpaired) electrons. The first-order chi connectivity index (χ1) is 8.96. The zero-order chi connectivity index (χ0) is 15.3. The minimum atomic E-state index is -3.61. The summed E-state index contributed by atoms with van der Waals surface area (Å²) in [5.41, 5.74) is 4.82. The number of ether oxygens (including phenoxy) is 1. The monoisotopic (exact) mass is 317 g/mol. The predicted octanol–water partition coefficient (Wildman–Crippen LogP) is 3.04. The van der Waals surface area contributed by atoms with Crippen molar-refractivity contribution in [1.29, 1.82) is 0 Å². The highest BCUT2D eigenvalue weighted by atomic mass is 35.5. The summed E-state index contributed by atoms with van der Waals surface area (Å²) >= 11 is 6.05. The second-order valence-corrected chi connectivity index (χ2v) is 8.90. The molecule has 0 aliphatic carbocycles. The molecule has 20 heavy (non-hydrogen) atoms.